The summed E-state index contributed by atoms with van der Waals surface area (Å²) in [5, 5.41) is 2.89. The molecule has 1 N–H and O–H groups in total. The lowest BCUT2D eigenvalue weighted by Gasteiger charge is -2.30. The first-order valence-corrected chi connectivity index (χ1v) is 12.2. The second-order valence-corrected chi connectivity index (χ2v) is 9.96. The maximum atomic E-state index is 14.0. The molecule has 0 saturated carbocycles. The van der Waals surface area contributed by atoms with Crippen LogP contribution in [-0.4, -0.2) is 49.8 Å². The molecule has 0 radical (unpaired) electrons. The number of carbonyl (C=O) groups excluding carboxylic acids is 1. The Balaban J connectivity index is 1.33. The molecule has 0 bridgehead atoms. The molecule has 9 heteroatoms. The number of carbonyl (C=O) groups is 1. The van der Waals surface area contributed by atoms with Crippen LogP contribution < -0.4 is 10.2 Å². The number of nitrogens with one attached hydrogen (secondary N) is 1. The van der Waals surface area contributed by atoms with Gasteiger partial charge >= 0.3 is 0 Å². The number of hydrogen-bond acceptors (Lipinski definition) is 5. The molecule has 2 fully saturated rings. The van der Waals surface area contributed by atoms with Gasteiger partial charge in [0.25, 0.3) is 0 Å². The van der Waals surface area contributed by atoms with E-state index in [-0.39, 0.29) is 29.8 Å². The summed E-state index contributed by atoms with van der Waals surface area (Å²) in [6.07, 6.45) is 6.04. The SMILES string of the molecule is O=C(Nc1ccc(N2CCCCC2)nc1)C1CCN(S(=O)(=O)c2ccccc2F)CC1. The minimum absolute atomic E-state index is 0.143. The molecule has 2 aromatic rings. The number of sulfonamides is 1. The summed E-state index contributed by atoms with van der Waals surface area (Å²) in [4.78, 5) is 19.1. The highest BCUT2D eigenvalue weighted by atomic mass is 32.2. The van der Waals surface area contributed by atoms with Crippen LogP contribution in [0.4, 0.5) is 15.9 Å². The number of piperidine rings is 2. The second-order valence-electron chi connectivity index (χ2n) is 8.05. The zero-order chi connectivity index (χ0) is 21.8. The van der Waals surface area contributed by atoms with Crippen LogP contribution in [0.25, 0.3) is 0 Å². The number of nitrogens with zero attached hydrogens (tertiary/aromatic N) is 3. The Morgan fingerprint density at radius 1 is 1.00 bits per heavy atom. The fraction of sp³-hybridized carbons (Fsp3) is 0.455. The van der Waals surface area contributed by atoms with Crippen molar-refractivity contribution >= 4 is 27.4 Å². The van der Waals surface area contributed by atoms with Crippen molar-refractivity contribution in [1.29, 1.82) is 0 Å². The Kier molecular flexibility index (Phi) is 6.52. The zero-order valence-corrected chi connectivity index (χ0v) is 18.2. The molecule has 0 unspecified atom stereocenters. The Morgan fingerprint density at radius 2 is 1.71 bits per heavy atom. The van der Waals surface area contributed by atoms with Crippen molar-refractivity contribution in [2.24, 2.45) is 5.92 Å². The van der Waals surface area contributed by atoms with Crippen molar-refractivity contribution in [3.8, 4) is 0 Å². The minimum atomic E-state index is -3.90. The van der Waals surface area contributed by atoms with Gasteiger partial charge < -0.3 is 10.2 Å². The summed E-state index contributed by atoms with van der Waals surface area (Å²) < 4.78 is 40.6. The van der Waals surface area contributed by atoms with Crippen LogP contribution in [0.3, 0.4) is 0 Å². The van der Waals surface area contributed by atoms with Crippen LogP contribution in [0.5, 0.6) is 0 Å². The number of pyridine rings is 1. The van der Waals surface area contributed by atoms with Crippen LogP contribution in [-0.2, 0) is 14.8 Å². The summed E-state index contributed by atoms with van der Waals surface area (Å²) in [5.41, 5.74) is 0.632. The topological polar surface area (TPSA) is 82.6 Å². The van der Waals surface area contributed by atoms with Gasteiger partial charge in [-0.1, -0.05) is 12.1 Å². The highest BCUT2D eigenvalue weighted by molar-refractivity contribution is 7.89. The van der Waals surface area contributed by atoms with Crippen LogP contribution in [0, 0.1) is 11.7 Å². The van der Waals surface area contributed by atoms with Crippen LogP contribution in [0.2, 0.25) is 0 Å². The molecule has 1 amide bonds. The Labute approximate surface area is 182 Å². The van der Waals surface area contributed by atoms with Crippen molar-refractivity contribution in [2.45, 2.75) is 37.0 Å². The summed E-state index contributed by atoms with van der Waals surface area (Å²) >= 11 is 0. The van der Waals surface area contributed by atoms with Crippen LogP contribution in [0.15, 0.2) is 47.5 Å². The zero-order valence-electron chi connectivity index (χ0n) is 17.3. The van der Waals surface area contributed by atoms with Crippen molar-refractivity contribution in [3.05, 3.63) is 48.4 Å². The average molecular weight is 447 g/mol. The summed E-state index contributed by atoms with van der Waals surface area (Å²) in [6.45, 7) is 2.38. The largest absolute Gasteiger partial charge is 0.357 e. The van der Waals surface area contributed by atoms with Gasteiger partial charge in [-0.15, -0.1) is 0 Å². The number of hydrogen-bond donors (Lipinski definition) is 1. The third-order valence-electron chi connectivity index (χ3n) is 5.97. The predicted octanol–water partition coefficient (Wildman–Crippen LogP) is 3.25. The first-order chi connectivity index (χ1) is 14.9. The fourth-order valence-corrected chi connectivity index (χ4v) is 5.70. The second kappa shape index (κ2) is 9.32. The maximum absolute atomic E-state index is 14.0. The first-order valence-electron chi connectivity index (χ1n) is 10.7. The van der Waals surface area contributed by atoms with Gasteiger partial charge in [0.15, 0.2) is 0 Å². The summed E-state index contributed by atoms with van der Waals surface area (Å²) in [7, 11) is -3.90. The van der Waals surface area contributed by atoms with Gasteiger partial charge in [-0.2, -0.15) is 4.31 Å². The van der Waals surface area contributed by atoms with E-state index in [9.17, 15) is 17.6 Å². The lowest BCUT2D eigenvalue weighted by molar-refractivity contribution is -0.120. The molecular formula is C22H27FN4O3S. The lowest BCUT2D eigenvalue weighted by atomic mass is 9.97. The Bertz CT molecular complexity index is 1020. The van der Waals surface area contributed by atoms with Crippen molar-refractivity contribution in [3.63, 3.8) is 0 Å². The predicted molar refractivity (Wildman–Crippen MR) is 117 cm³/mol. The molecule has 0 spiro atoms. The highest BCUT2D eigenvalue weighted by Crippen LogP contribution is 2.26. The van der Waals surface area contributed by atoms with E-state index in [1.54, 1.807) is 6.20 Å². The van der Waals surface area contributed by atoms with Crippen LogP contribution in [0.1, 0.15) is 32.1 Å². The Morgan fingerprint density at radius 3 is 2.35 bits per heavy atom. The Hall–Kier alpha value is -2.52. The lowest BCUT2D eigenvalue weighted by Crippen LogP contribution is -2.41. The van der Waals surface area contributed by atoms with E-state index in [0.29, 0.717) is 18.5 Å². The van der Waals surface area contributed by atoms with E-state index in [1.165, 1.54) is 41.8 Å². The van der Waals surface area contributed by atoms with E-state index in [2.05, 4.69) is 15.2 Å². The summed E-state index contributed by atoms with van der Waals surface area (Å²) in [5.74, 6) is -0.281. The van der Waals surface area contributed by atoms with Gasteiger partial charge in [0.2, 0.25) is 15.9 Å². The molecular weight excluding hydrogens is 419 g/mol. The van der Waals surface area contributed by atoms with E-state index in [4.69, 9.17) is 0 Å². The molecule has 166 valence electrons. The van der Waals surface area contributed by atoms with Gasteiger partial charge in [-0.05, 0) is 56.4 Å². The molecule has 31 heavy (non-hydrogen) atoms. The smallest absolute Gasteiger partial charge is 0.245 e. The minimum Gasteiger partial charge on any atom is -0.357 e. The normalized spacial score (nSPS) is 18.7. The maximum Gasteiger partial charge on any atom is 0.245 e. The van der Waals surface area contributed by atoms with Gasteiger partial charge in [-0.25, -0.2) is 17.8 Å². The molecule has 2 saturated heterocycles. The van der Waals surface area contributed by atoms with Gasteiger partial charge in [0.1, 0.15) is 16.5 Å². The third-order valence-corrected chi connectivity index (χ3v) is 7.91. The molecule has 7 nitrogen and oxygen atoms in total. The van der Waals surface area contributed by atoms with E-state index in [0.717, 1.165) is 25.0 Å². The first kappa shape index (κ1) is 21.7. The van der Waals surface area contributed by atoms with Crippen LogP contribution >= 0.6 is 0 Å². The van der Waals surface area contributed by atoms with Crippen molar-refractivity contribution < 1.29 is 17.6 Å². The van der Waals surface area contributed by atoms with E-state index in [1.807, 2.05) is 12.1 Å². The van der Waals surface area contributed by atoms with Gasteiger partial charge in [-0.3, -0.25) is 4.79 Å². The van der Waals surface area contributed by atoms with E-state index >= 15 is 0 Å². The number of benzene rings is 1. The monoisotopic (exact) mass is 446 g/mol. The average Bonchev–Trinajstić information content (AvgIpc) is 2.80. The number of rotatable bonds is 5. The molecule has 2 aliphatic heterocycles. The molecule has 0 atom stereocenters. The third kappa shape index (κ3) is 4.88. The number of amides is 1. The fourth-order valence-electron chi connectivity index (χ4n) is 4.17. The molecule has 1 aromatic heterocycles. The standard InChI is InChI=1S/C22H27FN4O3S/c23-19-6-2-3-7-20(19)31(29,30)27-14-10-17(11-15-27)22(28)25-18-8-9-21(24-16-18)26-12-4-1-5-13-26/h2-3,6-9,16-17H,1,4-5,10-15H2,(H,25,28). The molecule has 3 heterocycles. The van der Waals surface area contributed by atoms with Gasteiger partial charge in [0.05, 0.1) is 11.9 Å². The quantitative estimate of drug-likeness (QED) is 0.762. The molecule has 1 aromatic carbocycles. The van der Waals surface area contributed by atoms with Gasteiger partial charge in [0, 0.05) is 32.1 Å². The molecule has 0 aliphatic carbocycles. The van der Waals surface area contributed by atoms with Crippen molar-refractivity contribution in [1.82, 2.24) is 9.29 Å². The number of aromatic nitrogens is 1. The molecule has 2 aliphatic rings. The van der Waals surface area contributed by atoms with E-state index < -0.39 is 15.8 Å². The summed E-state index contributed by atoms with van der Waals surface area (Å²) in [6, 6.07) is 9.14. The highest BCUT2D eigenvalue weighted by Gasteiger charge is 2.33. The molecule has 4 rings (SSSR count). The van der Waals surface area contributed by atoms with Crippen molar-refractivity contribution in [2.75, 3.05) is 36.4 Å². The number of anilines is 2. The number of halogens is 1.